The fourth-order valence-corrected chi connectivity index (χ4v) is 3.39. The Morgan fingerprint density at radius 3 is 2.41 bits per heavy atom. The maximum absolute atomic E-state index is 12.1. The average Bonchev–Trinajstić information content (AvgIpc) is 3.21. The number of carboxylic acid groups (broad SMARTS) is 1. The van der Waals surface area contributed by atoms with E-state index in [2.05, 4.69) is 20.2 Å². The number of aliphatic carboxylic acids is 1. The van der Waals surface area contributed by atoms with Gasteiger partial charge in [0.05, 0.1) is 6.33 Å². The normalized spacial score (nSPS) is 11.8. The van der Waals surface area contributed by atoms with Gasteiger partial charge in [-0.1, -0.05) is 12.1 Å². The van der Waals surface area contributed by atoms with Crippen molar-refractivity contribution in [1.29, 1.82) is 0 Å². The lowest BCUT2D eigenvalue weighted by atomic mass is 10.1. The molecule has 0 saturated heterocycles. The van der Waals surface area contributed by atoms with Crippen LogP contribution in [0.3, 0.4) is 0 Å². The Morgan fingerprint density at radius 1 is 1.17 bits per heavy atom. The number of imidazole rings is 1. The molecule has 0 saturated carbocycles. The van der Waals surface area contributed by atoms with Gasteiger partial charge in [-0.3, -0.25) is 4.79 Å². The number of rotatable bonds is 13. The van der Waals surface area contributed by atoms with Gasteiger partial charge in [0.1, 0.15) is 6.04 Å². The SMILES string of the molecule is O=C(CCCc1ccc(N(CCCl)CCCl)cc1)N[C@@H](Cc1cnc[nH]1)C(=O)O. The quantitative estimate of drug-likeness (QED) is 0.416. The molecule has 3 N–H and O–H groups in total. The molecule has 0 unspecified atom stereocenters. The van der Waals surface area contributed by atoms with Crippen molar-refractivity contribution in [2.24, 2.45) is 0 Å². The first-order valence-electron chi connectivity index (χ1n) is 9.48. The molecule has 0 aliphatic heterocycles. The summed E-state index contributed by atoms with van der Waals surface area (Å²) in [6.45, 7) is 1.47. The van der Waals surface area contributed by atoms with Crippen LogP contribution in [0, 0.1) is 0 Å². The lowest BCUT2D eigenvalue weighted by Crippen LogP contribution is -2.42. The molecule has 1 heterocycles. The summed E-state index contributed by atoms with van der Waals surface area (Å²) in [5, 5.41) is 11.9. The van der Waals surface area contributed by atoms with Crippen LogP contribution >= 0.6 is 23.2 Å². The minimum Gasteiger partial charge on any atom is -0.480 e. The Balaban J connectivity index is 1.79. The molecule has 0 bridgehead atoms. The van der Waals surface area contributed by atoms with Crippen molar-refractivity contribution >= 4 is 40.8 Å². The van der Waals surface area contributed by atoms with Gasteiger partial charge in [-0.15, -0.1) is 23.2 Å². The van der Waals surface area contributed by atoms with E-state index >= 15 is 0 Å². The van der Waals surface area contributed by atoms with Crippen LogP contribution in [-0.2, 0) is 22.4 Å². The van der Waals surface area contributed by atoms with Crippen molar-refractivity contribution in [3.8, 4) is 0 Å². The first kappa shape index (κ1) is 23.0. The van der Waals surface area contributed by atoms with E-state index in [1.807, 2.05) is 24.3 Å². The number of alkyl halides is 2. The molecule has 2 rings (SSSR count). The second-order valence-corrected chi connectivity index (χ2v) is 7.38. The van der Waals surface area contributed by atoms with Gasteiger partial charge in [0.2, 0.25) is 5.91 Å². The molecule has 1 atom stereocenters. The topological polar surface area (TPSA) is 98.3 Å². The standard InChI is InChI=1S/C20H26Cl2N4O3/c21-8-10-26(11-9-22)17-6-4-15(5-7-17)2-1-3-19(27)25-18(20(28)29)12-16-13-23-14-24-16/h4-7,13-14,18H,1-3,8-12H2,(H,23,24)(H,25,27)(H,28,29)/t18-/m0/s1. The zero-order chi connectivity index (χ0) is 21.1. The summed E-state index contributed by atoms with van der Waals surface area (Å²) in [5.74, 6) is -0.275. The number of aryl methyl sites for hydroxylation is 1. The van der Waals surface area contributed by atoms with E-state index in [0.717, 1.165) is 30.8 Å². The third-order valence-electron chi connectivity index (χ3n) is 4.49. The number of aromatic nitrogens is 2. The highest BCUT2D eigenvalue weighted by Crippen LogP contribution is 2.17. The molecule has 0 radical (unpaired) electrons. The number of amides is 1. The van der Waals surface area contributed by atoms with Gasteiger partial charge in [-0.25, -0.2) is 9.78 Å². The molecule has 0 fully saturated rings. The molecule has 1 amide bonds. The third-order valence-corrected chi connectivity index (χ3v) is 4.83. The summed E-state index contributed by atoms with van der Waals surface area (Å²) in [6, 6.07) is 7.14. The smallest absolute Gasteiger partial charge is 0.326 e. The van der Waals surface area contributed by atoms with Gasteiger partial charge in [0.15, 0.2) is 0 Å². The molecule has 29 heavy (non-hydrogen) atoms. The van der Waals surface area contributed by atoms with Crippen LogP contribution in [0.2, 0.25) is 0 Å². The highest BCUT2D eigenvalue weighted by molar-refractivity contribution is 6.18. The molecular formula is C20H26Cl2N4O3. The van der Waals surface area contributed by atoms with Crippen LogP contribution in [0.4, 0.5) is 5.69 Å². The molecule has 0 aliphatic rings. The van der Waals surface area contributed by atoms with Crippen LogP contribution < -0.4 is 10.2 Å². The Labute approximate surface area is 180 Å². The van der Waals surface area contributed by atoms with E-state index in [1.54, 1.807) is 6.20 Å². The third kappa shape index (κ3) is 7.95. The minimum absolute atomic E-state index is 0.170. The van der Waals surface area contributed by atoms with Crippen molar-refractivity contribution in [3.05, 3.63) is 48.0 Å². The number of halogens is 2. The molecule has 1 aromatic carbocycles. The second-order valence-electron chi connectivity index (χ2n) is 6.62. The Hall–Kier alpha value is -2.25. The number of benzene rings is 1. The maximum Gasteiger partial charge on any atom is 0.326 e. The van der Waals surface area contributed by atoms with Gasteiger partial charge >= 0.3 is 5.97 Å². The molecule has 0 aliphatic carbocycles. The Kier molecular flexibility index (Phi) is 9.80. The Bertz CT molecular complexity index is 748. The zero-order valence-corrected chi connectivity index (χ0v) is 17.6. The summed E-state index contributed by atoms with van der Waals surface area (Å²) in [4.78, 5) is 32.3. The van der Waals surface area contributed by atoms with Crippen LogP contribution in [0.5, 0.6) is 0 Å². The highest BCUT2D eigenvalue weighted by Gasteiger charge is 2.20. The predicted octanol–water partition coefficient (Wildman–Crippen LogP) is 2.83. The second kappa shape index (κ2) is 12.3. The van der Waals surface area contributed by atoms with Gasteiger partial charge in [0.25, 0.3) is 0 Å². The molecule has 1 aromatic heterocycles. The van der Waals surface area contributed by atoms with E-state index in [0.29, 0.717) is 23.9 Å². The number of anilines is 1. The van der Waals surface area contributed by atoms with E-state index in [-0.39, 0.29) is 18.7 Å². The molecule has 158 valence electrons. The summed E-state index contributed by atoms with van der Waals surface area (Å²) >= 11 is 11.7. The van der Waals surface area contributed by atoms with Crippen LogP contribution in [-0.4, -0.2) is 57.8 Å². The van der Waals surface area contributed by atoms with E-state index < -0.39 is 12.0 Å². The number of hydrogen-bond acceptors (Lipinski definition) is 4. The first-order chi connectivity index (χ1) is 14.0. The van der Waals surface area contributed by atoms with Crippen molar-refractivity contribution in [3.63, 3.8) is 0 Å². The fraction of sp³-hybridized carbons (Fsp3) is 0.450. The van der Waals surface area contributed by atoms with Crippen LogP contribution in [0.25, 0.3) is 0 Å². The van der Waals surface area contributed by atoms with Crippen molar-refractivity contribution < 1.29 is 14.7 Å². The van der Waals surface area contributed by atoms with E-state index in [9.17, 15) is 14.7 Å². The first-order valence-corrected chi connectivity index (χ1v) is 10.6. The average molecular weight is 441 g/mol. The van der Waals surface area contributed by atoms with Crippen LogP contribution in [0.15, 0.2) is 36.8 Å². The number of aromatic amines is 1. The summed E-state index contributed by atoms with van der Waals surface area (Å²) < 4.78 is 0. The number of nitrogens with zero attached hydrogens (tertiary/aromatic N) is 2. The van der Waals surface area contributed by atoms with Gasteiger partial charge < -0.3 is 20.3 Å². The number of carbonyl (C=O) groups excluding carboxylic acids is 1. The fourth-order valence-electron chi connectivity index (χ4n) is 2.98. The lowest BCUT2D eigenvalue weighted by molar-refractivity contribution is -0.141. The predicted molar refractivity (Wildman–Crippen MR) is 115 cm³/mol. The van der Waals surface area contributed by atoms with E-state index in [4.69, 9.17) is 23.2 Å². The van der Waals surface area contributed by atoms with Crippen molar-refractivity contribution in [1.82, 2.24) is 15.3 Å². The monoisotopic (exact) mass is 440 g/mol. The summed E-state index contributed by atoms with van der Waals surface area (Å²) in [6.07, 6.45) is 4.83. The largest absolute Gasteiger partial charge is 0.480 e. The summed E-state index contributed by atoms with van der Waals surface area (Å²) in [7, 11) is 0. The molecule has 9 heteroatoms. The van der Waals surface area contributed by atoms with Gasteiger partial charge in [-0.05, 0) is 30.5 Å². The minimum atomic E-state index is -1.07. The lowest BCUT2D eigenvalue weighted by Gasteiger charge is -2.23. The summed E-state index contributed by atoms with van der Waals surface area (Å²) in [5.41, 5.74) is 2.84. The van der Waals surface area contributed by atoms with Gasteiger partial charge in [-0.2, -0.15) is 0 Å². The van der Waals surface area contributed by atoms with Crippen molar-refractivity contribution in [2.45, 2.75) is 31.7 Å². The van der Waals surface area contributed by atoms with Crippen LogP contribution in [0.1, 0.15) is 24.1 Å². The zero-order valence-electron chi connectivity index (χ0n) is 16.1. The molecule has 2 aromatic rings. The maximum atomic E-state index is 12.1. The number of carbonyl (C=O) groups is 2. The molecule has 0 spiro atoms. The van der Waals surface area contributed by atoms with Crippen molar-refractivity contribution in [2.75, 3.05) is 29.7 Å². The number of carboxylic acids is 1. The number of nitrogens with one attached hydrogen (secondary N) is 2. The molecule has 7 nitrogen and oxygen atoms in total. The van der Waals surface area contributed by atoms with Gasteiger partial charge in [0, 0.05) is 55.3 Å². The van der Waals surface area contributed by atoms with E-state index in [1.165, 1.54) is 6.33 Å². The highest BCUT2D eigenvalue weighted by atomic mass is 35.5. The number of hydrogen-bond donors (Lipinski definition) is 3. The number of H-pyrrole nitrogens is 1. The Morgan fingerprint density at radius 2 is 1.86 bits per heavy atom. The molecular weight excluding hydrogens is 415 g/mol.